The van der Waals surface area contributed by atoms with Crippen molar-refractivity contribution in [1.82, 2.24) is 19.8 Å². The van der Waals surface area contributed by atoms with E-state index in [2.05, 4.69) is 44.0 Å². The summed E-state index contributed by atoms with van der Waals surface area (Å²) in [4.78, 5) is 25.4. The van der Waals surface area contributed by atoms with Gasteiger partial charge in [-0.25, -0.2) is 4.98 Å². The molecule has 2 aromatic rings. The van der Waals surface area contributed by atoms with E-state index in [1.807, 2.05) is 18.5 Å². The van der Waals surface area contributed by atoms with Crippen molar-refractivity contribution in [2.45, 2.75) is 45.2 Å². The number of piperidine rings is 1. The quantitative estimate of drug-likeness (QED) is 0.882. The standard InChI is InChI=1S/C22H30N4O/c27-22-20(8-4-5-13-26(22)16-18-6-2-1-3-7-18)19-9-14-25(15-10-19)17-21-23-11-12-24-21/h1-3,6-7,11-12,19-20H,4-5,8-10,13-17H2,(H,23,24)/t20-/m1/s1. The van der Waals surface area contributed by atoms with Gasteiger partial charge in [0.15, 0.2) is 0 Å². The van der Waals surface area contributed by atoms with Gasteiger partial charge in [0.1, 0.15) is 5.82 Å². The van der Waals surface area contributed by atoms with E-state index >= 15 is 0 Å². The van der Waals surface area contributed by atoms with Gasteiger partial charge >= 0.3 is 0 Å². The van der Waals surface area contributed by atoms with Crippen molar-refractivity contribution < 1.29 is 4.79 Å². The maximum Gasteiger partial charge on any atom is 0.226 e. The van der Waals surface area contributed by atoms with Crippen molar-refractivity contribution in [3.05, 3.63) is 54.1 Å². The molecule has 27 heavy (non-hydrogen) atoms. The third-order valence-corrected chi connectivity index (χ3v) is 6.17. The fraction of sp³-hybridized carbons (Fsp3) is 0.545. The number of carbonyl (C=O) groups excluding carboxylic acids is 1. The first-order valence-electron chi connectivity index (χ1n) is 10.3. The Morgan fingerprint density at radius 2 is 1.81 bits per heavy atom. The van der Waals surface area contributed by atoms with Crippen LogP contribution in [0.5, 0.6) is 0 Å². The third kappa shape index (κ3) is 4.59. The number of hydrogen-bond donors (Lipinski definition) is 1. The Balaban J connectivity index is 1.35. The van der Waals surface area contributed by atoms with Crippen LogP contribution in [0.1, 0.15) is 43.5 Å². The first kappa shape index (κ1) is 18.2. The zero-order valence-electron chi connectivity index (χ0n) is 16.0. The lowest BCUT2D eigenvalue weighted by Gasteiger charge is -2.36. The van der Waals surface area contributed by atoms with E-state index in [1.54, 1.807) is 0 Å². The zero-order chi connectivity index (χ0) is 18.5. The number of aromatic nitrogens is 2. The number of H-pyrrole nitrogens is 1. The van der Waals surface area contributed by atoms with Crippen LogP contribution in [0.3, 0.4) is 0 Å². The Bertz CT molecular complexity index is 707. The number of benzene rings is 1. The van der Waals surface area contributed by atoms with Gasteiger partial charge in [-0.05, 0) is 50.3 Å². The predicted octanol–water partition coefficient (Wildman–Crippen LogP) is 3.45. The number of carbonyl (C=O) groups is 1. The number of nitrogens with one attached hydrogen (secondary N) is 1. The van der Waals surface area contributed by atoms with E-state index < -0.39 is 0 Å². The second-order valence-corrected chi connectivity index (χ2v) is 8.00. The van der Waals surface area contributed by atoms with Crippen molar-refractivity contribution in [3.63, 3.8) is 0 Å². The van der Waals surface area contributed by atoms with Gasteiger partial charge in [0.2, 0.25) is 5.91 Å². The molecule has 0 unspecified atom stereocenters. The lowest BCUT2D eigenvalue weighted by molar-refractivity contribution is -0.138. The Morgan fingerprint density at radius 3 is 2.56 bits per heavy atom. The highest BCUT2D eigenvalue weighted by atomic mass is 16.2. The van der Waals surface area contributed by atoms with E-state index in [-0.39, 0.29) is 5.92 Å². The summed E-state index contributed by atoms with van der Waals surface area (Å²) in [7, 11) is 0. The average molecular weight is 367 g/mol. The van der Waals surface area contributed by atoms with Crippen LogP contribution in [0.25, 0.3) is 0 Å². The van der Waals surface area contributed by atoms with Gasteiger partial charge in [-0.3, -0.25) is 9.69 Å². The fourth-order valence-electron chi connectivity index (χ4n) is 4.64. The average Bonchev–Trinajstić information content (AvgIpc) is 3.14. The summed E-state index contributed by atoms with van der Waals surface area (Å²) in [5.74, 6) is 2.16. The van der Waals surface area contributed by atoms with Crippen molar-refractivity contribution in [2.24, 2.45) is 11.8 Å². The topological polar surface area (TPSA) is 52.2 Å². The van der Waals surface area contributed by atoms with Crippen molar-refractivity contribution in [3.8, 4) is 0 Å². The molecule has 2 fully saturated rings. The molecular formula is C22H30N4O. The molecule has 5 heteroatoms. The number of imidazole rings is 1. The Labute approximate surface area is 161 Å². The second-order valence-electron chi connectivity index (χ2n) is 8.00. The molecule has 1 amide bonds. The van der Waals surface area contributed by atoms with Gasteiger partial charge in [0.25, 0.3) is 0 Å². The summed E-state index contributed by atoms with van der Waals surface area (Å²) in [6, 6.07) is 10.4. The molecule has 1 atom stereocenters. The van der Waals surface area contributed by atoms with Gasteiger partial charge in [0.05, 0.1) is 6.54 Å². The normalized spacial score (nSPS) is 22.7. The van der Waals surface area contributed by atoms with Gasteiger partial charge in [-0.2, -0.15) is 0 Å². The minimum Gasteiger partial charge on any atom is -0.348 e. The molecular weight excluding hydrogens is 336 g/mol. The van der Waals surface area contributed by atoms with E-state index in [0.29, 0.717) is 11.8 Å². The molecule has 2 saturated heterocycles. The maximum absolute atomic E-state index is 13.3. The van der Waals surface area contributed by atoms with Gasteiger partial charge in [-0.15, -0.1) is 0 Å². The second kappa shape index (κ2) is 8.70. The number of aromatic amines is 1. The molecule has 2 aliphatic rings. The van der Waals surface area contributed by atoms with E-state index in [9.17, 15) is 4.79 Å². The zero-order valence-corrected chi connectivity index (χ0v) is 16.0. The number of nitrogens with zero attached hydrogens (tertiary/aromatic N) is 3. The van der Waals surface area contributed by atoms with Gasteiger partial charge in [0, 0.05) is 31.4 Å². The molecule has 4 rings (SSSR count). The van der Waals surface area contributed by atoms with Gasteiger partial charge in [-0.1, -0.05) is 36.8 Å². The Kier molecular flexibility index (Phi) is 5.87. The summed E-state index contributed by atoms with van der Waals surface area (Å²) in [6.45, 7) is 4.68. The molecule has 5 nitrogen and oxygen atoms in total. The Morgan fingerprint density at radius 1 is 1.00 bits per heavy atom. The number of rotatable bonds is 5. The molecule has 3 heterocycles. The molecule has 144 valence electrons. The summed E-state index contributed by atoms with van der Waals surface area (Å²) in [6.07, 6.45) is 9.31. The summed E-state index contributed by atoms with van der Waals surface area (Å²) in [5.41, 5.74) is 1.24. The first-order valence-corrected chi connectivity index (χ1v) is 10.3. The summed E-state index contributed by atoms with van der Waals surface area (Å²) in [5, 5.41) is 0. The van der Waals surface area contributed by atoms with Crippen LogP contribution in [0, 0.1) is 11.8 Å². The van der Waals surface area contributed by atoms with Crippen LogP contribution in [0.15, 0.2) is 42.7 Å². The minimum absolute atomic E-state index is 0.210. The molecule has 0 radical (unpaired) electrons. The van der Waals surface area contributed by atoms with Crippen molar-refractivity contribution >= 4 is 5.91 Å². The van der Waals surface area contributed by atoms with Crippen LogP contribution >= 0.6 is 0 Å². The van der Waals surface area contributed by atoms with Gasteiger partial charge < -0.3 is 9.88 Å². The molecule has 1 aromatic carbocycles. The largest absolute Gasteiger partial charge is 0.348 e. The third-order valence-electron chi connectivity index (χ3n) is 6.17. The smallest absolute Gasteiger partial charge is 0.226 e. The number of hydrogen-bond acceptors (Lipinski definition) is 3. The van der Waals surface area contributed by atoms with E-state index in [1.165, 1.54) is 12.0 Å². The monoisotopic (exact) mass is 366 g/mol. The molecule has 0 aliphatic carbocycles. The molecule has 0 bridgehead atoms. The molecule has 0 saturated carbocycles. The molecule has 1 N–H and O–H groups in total. The van der Waals surface area contributed by atoms with Crippen molar-refractivity contribution in [2.75, 3.05) is 19.6 Å². The lowest BCUT2D eigenvalue weighted by Crippen LogP contribution is -2.42. The Hall–Kier alpha value is -2.14. The molecule has 1 aromatic heterocycles. The molecule has 0 spiro atoms. The number of likely N-dealkylation sites (tertiary alicyclic amines) is 2. The van der Waals surface area contributed by atoms with Crippen LogP contribution in [-0.2, 0) is 17.9 Å². The van der Waals surface area contributed by atoms with Crippen LogP contribution in [0.4, 0.5) is 0 Å². The summed E-state index contributed by atoms with van der Waals surface area (Å²) < 4.78 is 0. The lowest BCUT2D eigenvalue weighted by atomic mass is 9.81. The SMILES string of the molecule is O=C1[C@@H](C2CCN(Cc3ncc[nH]3)CC2)CCCCN1Cc1ccccc1. The van der Waals surface area contributed by atoms with Crippen LogP contribution in [0.2, 0.25) is 0 Å². The molecule has 2 aliphatic heterocycles. The predicted molar refractivity (Wildman–Crippen MR) is 106 cm³/mol. The summed E-state index contributed by atoms with van der Waals surface area (Å²) >= 11 is 0. The van der Waals surface area contributed by atoms with E-state index in [0.717, 1.165) is 64.2 Å². The maximum atomic E-state index is 13.3. The highest BCUT2D eigenvalue weighted by Gasteiger charge is 2.35. The highest BCUT2D eigenvalue weighted by Crippen LogP contribution is 2.33. The highest BCUT2D eigenvalue weighted by molar-refractivity contribution is 5.79. The van der Waals surface area contributed by atoms with Crippen molar-refractivity contribution in [1.29, 1.82) is 0 Å². The van der Waals surface area contributed by atoms with Crippen LogP contribution < -0.4 is 0 Å². The minimum atomic E-state index is 0.210. The number of amides is 1. The van der Waals surface area contributed by atoms with E-state index in [4.69, 9.17) is 0 Å². The fourth-order valence-corrected chi connectivity index (χ4v) is 4.64. The van der Waals surface area contributed by atoms with Crippen LogP contribution in [-0.4, -0.2) is 45.3 Å². The first-order chi connectivity index (χ1) is 13.3.